The number of amides is 1. The molecule has 0 aliphatic heterocycles. The zero-order valence-electron chi connectivity index (χ0n) is 15.4. The van der Waals surface area contributed by atoms with Crippen molar-refractivity contribution in [2.24, 2.45) is 5.92 Å². The second kappa shape index (κ2) is 6.96. The van der Waals surface area contributed by atoms with Gasteiger partial charge in [0.05, 0.1) is 30.9 Å². The van der Waals surface area contributed by atoms with Crippen LogP contribution in [0.25, 0.3) is 21.9 Å². The SMILES string of the molecule is Cc1coc2cc3oc(=O)c(CC(=O)N[C@H](CO)C(C)C)c(C)c3cc12. The predicted molar refractivity (Wildman–Crippen MR) is 99.3 cm³/mol. The standard InChI is InChI=1S/C20H23NO5/c1-10(2)16(8-22)21-19(23)6-15-12(4)14-5-13-11(3)9-25-17(13)7-18(14)26-20(15)24/h5,7,9-10,16,22H,6,8H2,1-4H3,(H,21,23)/t16-/m1/s1. The first kappa shape index (κ1) is 18.2. The number of nitrogens with one attached hydrogen (secondary N) is 1. The van der Waals surface area contributed by atoms with Crippen LogP contribution in [0.5, 0.6) is 0 Å². The van der Waals surface area contributed by atoms with Gasteiger partial charge in [-0.1, -0.05) is 13.8 Å². The summed E-state index contributed by atoms with van der Waals surface area (Å²) < 4.78 is 10.9. The fraction of sp³-hybridized carbons (Fsp3) is 0.400. The molecule has 0 fully saturated rings. The molecule has 0 saturated carbocycles. The number of rotatable bonds is 5. The van der Waals surface area contributed by atoms with Gasteiger partial charge in [-0.2, -0.15) is 0 Å². The van der Waals surface area contributed by atoms with Gasteiger partial charge in [0.1, 0.15) is 11.2 Å². The first-order valence-electron chi connectivity index (χ1n) is 8.66. The van der Waals surface area contributed by atoms with Crippen LogP contribution in [0.15, 0.2) is 32.0 Å². The summed E-state index contributed by atoms with van der Waals surface area (Å²) in [6.07, 6.45) is 1.57. The summed E-state index contributed by atoms with van der Waals surface area (Å²) >= 11 is 0. The van der Waals surface area contributed by atoms with E-state index in [9.17, 15) is 14.7 Å². The van der Waals surface area contributed by atoms with Crippen LogP contribution in [0.3, 0.4) is 0 Å². The van der Waals surface area contributed by atoms with Crippen molar-refractivity contribution in [1.29, 1.82) is 0 Å². The van der Waals surface area contributed by atoms with E-state index >= 15 is 0 Å². The van der Waals surface area contributed by atoms with Crippen molar-refractivity contribution in [2.45, 2.75) is 40.2 Å². The lowest BCUT2D eigenvalue weighted by Crippen LogP contribution is -2.42. The van der Waals surface area contributed by atoms with Crippen LogP contribution < -0.4 is 10.9 Å². The molecule has 6 nitrogen and oxygen atoms in total. The molecule has 0 bridgehead atoms. The highest BCUT2D eigenvalue weighted by Gasteiger charge is 2.19. The largest absolute Gasteiger partial charge is 0.464 e. The molecule has 1 amide bonds. The zero-order chi connectivity index (χ0) is 19.0. The number of aryl methyl sites for hydroxylation is 2. The van der Waals surface area contributed by atoms with E-state index in [2.05, 4.69) is 5.32 Å². The van der Waals surface area contributed by atoms with Gasteiger partial charge < -0.3 is 19.3 Å². The van der Waals surface area contributed by atoms with Gasteiger partial charge in [0.15, 0.2) is 0 Å². The molecule has 6 heteroatoms. The molecule has 26 heavy (non-hydrogen) atoms. The normalized spacial score (nSPS) is 12.8. The number of benzene rings is 1. The van der Waals surface area contributed by atoms with Crippen molar-refractivity contribution >= 4 is 27.8 Å². The number of carbonyl (C=O) groups excluding carboxylic acids is 1. The van der Waals surface area contributed by atoms with Crippen molar-refractivity contribution in [1.82, 2.24) is 5.32 Å². The summed E-state index contributed by atoms with van der Waals surface area (Å²) in [5.41, 5.74) is 2.61. The minimum Gasteiger partial charge on any atom is -0.464 e. The third kappa shape index (κ3) is 3.24. The number of hydrogen-bond donors (Lipinski definition) is 2. The maximum Gasteiger partial charge on any atom is 0.340 e. The second-order valence-electron chi connectivity index (χ2n) is 7.03. The molecule has 1 aromatic carbocycles. The number of furan rings is 1. The van der Waals surface area contributed by atoms with Crippen molar-refractivity contribution in [3.8, 4) is 0 Å². The van der Waals surface area contributed by atoms with Gasteiger partial charge in [-0.3, -0.25) is 4.79 Å². The Morgan fingerprint density at radius 2 is 1.92 bits per heavy atom. The van der Waals surface area contributed by atoms with Crippen LogP contribution in [0.1, 0.15) is 30.5 Å². The summed E-state index contributed by atoms with van der Waals surface area (Å²) in [6.45, 7) is 7.44. The van der Waals surface area contributed by atoms with Crippen molar-refractivity contribution in [3.05, 3.63) is 45.5 Å². The van der Waals surface area contributed by atoms with E-state index in [1.807, 2.05) is 33.8 Å². The van der Waals surface area contributed by atoms with Crippen molar-refractivity contribution in [2.75, 3.05) is 6.61 Å². The van der Waals surface area contributed by atoms with Crippen LogP contribution in [0.2, 0.25) is 0 Å². The molecule has 0 aliphatic rings. The lowest BCUT2D eigenvalue weighted by Gasteiger charge is -2.20. The Kier molecular flexibility index (Phi) is 4.87. The second-order valence-corrected chi connectivity index (χ2v) is 7.03. The van der Waals surface area contributed by atoms with Crippen molar-refractivity contribution < 1.29 is 18.7 Å². The van der Waals surface area contributed by atoms with Crippen LogP contribution >= 0.6 is 0 Å². The molecule has 138 valence electrons. The van der Waals surface area contributed by atoms with E-state index in [1.54, 1.807) is 12.3 Å². The average molecular weight is 357 g/mol. The summed E-state index contributed by atoms with van der Waals surface area (Å²) in [4.78, 5) is 24.7. The highest BCUT2D eigenvalue weighted by atomic mass is 16.4. The van der Waals surface area contributed by atoms with Crippen LogP contribution in [-0.4, -0.2) is 23.7 Å². The number of hydrogen-bond acceptors (Lipinski definition) is 5. The first-order valence-corrected chi connectivity index (χ1v) is 8.66. The number of aliphatic hydroxyl groups excluding tert-OH is 1. The third-order valence-corrected chi connectivity index (χ3v) is 4.86. The maximum absolute atomic E-state index is 12.4. The molecule has 2 aromatic heterocycles. The van der Waals surface area contributed by atoms with Gasteiger partial charge in [0.2, 0.25) is 5.91 Å². The van der Waals surface area contributed by atoms with Crippen LogP contribution in [-0.2, 0) is 11.2 Å². The quantitative estimate of drug-likeness (QED) is 0.685. The third-order valence-electron chi connectivity index (χ3n) is 4.86. The van der Waals surface area contributed by atoms with E-state index in [0.29, 0.717) is 16.7 Å². The van der Waals surface area contributed by atoms with Crippen molar-refractivity contribution in [3.63, 3.8) is 0 Å². The monoisotopic (exact) mass is 357 g/mol. The Balaban J connectivity index is 2.00. The summed E-state index contributed by atoms with van der Waals surface area (Å²) in [5.74, 6) is -0.219. The molecule has 0 radical (unpaired) electrons. The van der Waals surface area contributed by atoms with E-state index in [-0.39, 0.29) is 30.9 Å². The summed E-state index contributed by atoms with van der Waals surface area (Å²) in [7, 11) is 0. The van der Waals surface area contributed by atoms with E-state index in [1.165, 1.54) is 0 Å². The summed E-state index contributed by atoms with van der Waals surface area (Å²) in [6, 6.07) is 3.29. The Labute approximate surface area is 150 Å². The van der Waals surface area contributed by atoms with Crippen LogP contribution in [0.4, 0.5) is 0 Å². The van der Waals surface area contributed by atoms with E-state index in [4.69, 9.17) is 8.83 Å². The molecule has 0 spiro atoms. The molecule has 2 heterocycles. The topological polar surface area (TPSA) is 92.7 Å². The van der Waals surface area contributed by atoms with Gasteiger partial charge in [-0.05, 0) is 37.0 Å². The number of fused-ring (bicyclic) bond motifs is 2. The highest BCUT2D eigenvalue weighted by Crippen LogP contribution is 2.28. The molecular formula is C20H23NO5. The minimum absolute atomic E-state index is 0.0876. The Morgan fingerprint density at radius 1 is 1.19 bits per heavy atom. The molecule has 3 rings (SSSR count). The van der Waals surface area contributed by atoms with E-state index < -0.39 is 5.63 Å². The lowest BCUT2D eigenvalue weighted by atomic mass is 10.0. The molecule has 1 atom stereocenters. The molecule has 0 saturated heterocycles. The fourth-order valence-corrected chi connectivity index (χ4v) is 3.08. The Bertz CT molecular complexity index is 1030. The average Bonchev–Trinajstić information content (AvgIpc) is 2.95. The van der Waals surface area contributed by atoms with Gasteiger partial charge in [-0.15, -0.1) is 0 Å². The smallest absolute Gasteiger partial charge is 0.340 e. The Hall–Kier alpha value is -2.60. The fourth-order valence-electron chi connectivity index (χ4n) is 3.08. The minimum atomic E-state index is -0.530. The maximum atomic E-state index is 12.4. The molecule has 0 aliphatic carbocycles. The zero-order valence-corrected chi connectivity index (χ0v) is 15.4. The van der Waals surface area contributed by atoms with Gasteiger partial charge in [0, 0.05) is 16.8 Å². The molecule has 3 aromatic rings. The lowest BCUT2D eigenvalue weighted by molar-refractivity contribution is -0.121. The molecule has 2 N–H and O–H groups in total. The predicted octanol–water partition coefficient (Wildman–Crippen LogP) is 2.83. The van der Waals surface area contributed by atoms with Gasteiger partial charge in [0.25, 0.3) is 0 Å². The highest BCUT2D eigenvalue weighted by molar-refractivity contribution is 5.96. The van der Waals surface area contributed by atoms with Gasteiger partial charge >= 0.3 is 5.63 Å². The Morgan fingerprint density at radius 3 is 2.58 bits per heavy atom. The first-order chi connectivity index (χ1) is 12.3. The number of carbonyl (C=O) groups is 1. The molecular weight excluding hydrogens is 334 g/mol. The molecule has 0 unspecified atom stereocenters. The number of aliphatic hydroxyl groups is 1. The van der Waals surface area contributed by atoms with Gasteiger partial charge in [-0.25, -0.2) is 4.79 Å². The van der Waals surface area contributed by atoms with E-state index in [0.717, 1.165) is 21.9 Å². The summed E-state index contributed by atoms with van der Waals surface area (Å²) in [5, 5.41) is 13.9. The van der Waals surface area contributed by atoms with Crippen LogP contribution in [0, 0.1) is 19.8 Å².